The minimum absolute atomic E-state index is 0.0826. The highest BCUT2D eigenvalue weighted by Crippen LogP contribution is 2.34. The highest BCUT2D eigenvalue weighted by atomic mass is 32.1. The molecule has 3 aromatic rings. The van der Waals surface area contributed by atoms with E-state index in [-0.39, 0.29) is 19.4 Å². The van der Waals surface area contributed by atoms with Crippen molar-refractivity contribution in [3.8, 4) is 17.2 Å². The molecule has 1 aliphatic rings. The first-order valence-corrected chi connectivity index (χ1v) is 10.4. The van der Waals surface area contributed by atoms with Crippen LogP contribution in [0.2, 0.25) is 0 Å². The van der Waals surface area contributed by atoms with E-state index < -0.39 is 5.54 Å². The minimum atomic E-state index is -0.818. The zero-order valence-corrected chi connectivity index (χ0v) is 17.9. The smallest absolute Gasteiger partial charge is 0.302 e. The van der Waals surface area contributed by atoms with Crippen molar-refractivity contribution in [2.75, 3.05) is 13.4 Å². The molecule has 0 amide bonds. The number of esters is 1. The standard InChI is InChI=1S/C20H23N5O4S/c1-4-15-6-7-16(30-15)10-21-20(3,11-27-13(2)26)19-22-23-24-25(19)14-5-8-17-18(9-14)29-12-28-17/h5-9,21H,4,10-12H2,1-3H3. The van der Waals surface area contributed by atoms with Crippen molar-refractivity contribution in [1.82, 2.24) is 25.5 Å². The number of benzene rings is 1. The van der Waals surface area contributed by atoms with Gasteiger partial charge in [-0.1, -0.05) is 6.92 Å². The molecule has 0 aliphatic carbocycles. The zero-order chi connectivity index (χ0) is 21.1. The topological polar surface area (TPSA) is 100 Å². The summed E-state index contributed by atoms with van der Waals surface area (Å²) in [5, 5.41) is 15.8. The molecule has 0 spiro atoms. The van der Waals surface area contributed by atoms with E-state index in [4.69, 9.17) is 14.2 Å². The molecule has 0 bridgehead atoms. The lowest BCUT2D eigenvalue weighted by atomic mass is 10.0. The van der Waals surface area contributed by atoms with Crippen LogP contribution in [0, 0.1) is 0 Å². The predicted octanol–water partition coefficient (Wildman–Crippen LogP) is 2.58. The number of carbonyl (C=O) groups is 1. The third-order valence-electron chi connectivity index (χ3n) is 4.85. The number of ether oxygens (including phenoxy) is 3. The zero-order valence-electron chi connectivity index (χ0n) is 17.0. The summed E-state index contributed by atoms with van der Waals surface area (Å²) in [6, 6.07) is 9.72. The van der Waals surface area contributed by atoms with E-state index in [0.29, 0.717) is 23.9 Å². The number of nitrogens with zero attached hydrogens (tertiary/aromatic N) is 4. The van der Waals surface area contributed by atoms with Crippen molar-refractivity contribution in [2.45, 2.75) is 39.3 Å². The summed E-state index contributed by atoms with van der Waals surface area (Å²) in [5.41, 5.74) is -0.0958. The molecule has 0 fully saturated rings. The van der Waals surface area contributed by atoms with Crippen molar-refractivity contribution < 1.29 is 19.0 Å². The van der Waals surface area contributed by atoms with Crippen LogP contribution in [0.3, 0.4) is 0 Å². The van der Waals surface area contributed by atoms with Crippen molar-refractivity contribution in [3.63, 3.8) is 0 Å². The summed E-state index contributed by atoms with van der Waals surface area (Å²) < 4.78 is 17.8. The van der Waals surface area contributed by atoms with Gasteiger partial charge in [-0.05, 0) is 48.0 Å². The van der Waals surface area contributed by atoms with Crippen LogP contribution >= 0.6 is 11.3 Å². The highest BCUT2D eigenvalue weighted by molar-refractivity contribution is 7.11. The number of nitrogens with one attached hydrogen (secondary N) is 1. The largest absolute Gasteiger partial charge is 0.463 e. The van der Waals surface area contributed by atoms with Crippen LogP contribution in [-0.2, 0) is 28.0 Å². The SMILES string of the molecule is CCc1ccc(CNC(C)(COC(C)=O)c2nnnn2-c2ccc3c(c2)OCO3)s1. The van der Waals surface area contributed by atoms with Gasteiger partial charge in [0.25, 0.3) is 0 Å². The third-order valence-corrected chi connectivity index (χ3v) is 6.08. The Morgan fingerprint density at radius 1 is 1.27 bits per heavy atom. The molecule has 1 aliphatic heterocycles. The Kier molecular flexibility index (Phi) is 5.69. The van der Waals surface area contributed by atoms with Gasteiger partial charge in [-0.2, -0.15) is 4.68 Å². The fraction of sp³-hybridized carbons (Fsp3) is 0.400. The number of rotatable bonds is 8. The van der Waals surface area contributed by atoms with Gasteiger partial charge in [0, 0.05) is 29.3 Å². The van der Waals surface area contributed by atoms with E-state index in [1.54, 1.807) is 16.0 Å². The number of fused-ring (bicyclic) bond motifs is 1. The summed E-state index contributed by atoms with van der Waals surface area (Å²) in [4.78, 5) is 14.0. The predicted molar refractivity (Wildman–Crippen MR) is 110 cm³/mol. The molecule has 1 N–H and O–H groups in total. The van der Waals surface area contributed by atoms with Gasteiger partial charge in [0.15, 0.2) is 17.3 Å². The van der Waals surface area contributed by atoms with Gasteiger partial charge in [-0.15, -0.1) is 16.4 Å². The molecular formula is C20H23N5O4S. The maximum Gasteiger partial charge on any atom is 0.302 e. The number of tetrazole rings is 1. The maximum atomic E-state index is 11.5. The molecular weight excluding hydrogens is 406 g/mol. The lowest BCUT2D eigenvalue weighted by molar-refractivity contribution is -0.143. The Morgan fingerprint density at radius 3 is 2.83 bits per heavy atom. The van der Waals surface area contributed by atoms with Crippen LogP contribution < -0.4 is 14.8 Å². The fourth-order valence-electron chi connectivity index (χ4n) is 3.15. The summed E-state index contributed by atoms with van der Waals surface area (Å²) in [5.74, 6) is 1.47. The number of hydrogen-bond donors (Lipinski definition) is 1. The Hall–Kier alpha value is -2.98. The van der Waals surface area contributed by atoms with Gasteiger partial charge in [0.2, 0.25) is 6.79 Å². The van der Waals surface area contributed by atoms with Gasteiger partial charge < -0.3 is 14.2 Å². The van der Waals surface area contributed by atoms with Gasteiger partial charge >= 0.3 is 5.97 Å². The summed E-state index contributed by atoms with van der Waals surface area (Å²) in [6.45, 7) is 6.30. The second-order valence-corrected chi connectivity index (χ2v) is 8.39. The molecule has 0 saturated carbocycles. The molecule has 30 heavy (non-hydrogen) atoms. The highest BCUT2D eigenvalue weighted by Gasteiger charge is 2.35. The molecule has 0 saturated heterocycles. The molecule has 3 heterocycles. The number of aromatic nitrogens is 4. The first-order valence-electron chi connectivity index (χ1n) is 9.63. The van der Waals surface area contributed by atoms with E-state index in [0.717, 1.165) is 12.1 Å². The number of thiophene rings is 1. The number of hydrogen-bond acceptors (Lipinski definition) is 9. The van der Waals surface area contributed by atoms with Gasteiger partial charge in [0.05, 0.1) is 5.69 Å². The Balaban J connectivity index is 1.64. The fourth-order valence-corrected chi connectivity index (χ4v) is 4.05. The van der Waals surface area contributed by atoms with Crippen molar-refractivity contribution >= 4 is 17.3 Å². The average molecular weight is 430 g/mol. The van der Waals surface area contributed by atoms with Gasteiger partial charge in [-0.3, -0.25) is 10.1 Å². The van der Waals surface area contributed by atoms with E-state index in [1.807, 2.05) is 25.1 Å². The van der Waals surface area contributed by atoms with Crippen molar-refractivity contribution in [3.05, 3.63) is 45.9 Å². The maximum absolute atomic E-state index is 11.5. The summed E-state index contributed by atoms with van der Waals surface area (Å²) >= 11 is 1.75. The van der Waals surface area contributed by atoms with Crippen molar-refractivity contribution in [2.24, 2.45) is 0 Å². The van der Waals surface area contributed by atoms with Gasteiger partial charge in [-0.25, -0.2) is 0 Å². The second-order valence-electron chi connectivity index (χ2n) is 7.14. The second kappa shape index (κ2) is 8.41. The molecule has 10 heteroatoms. The molecule has 1 atom stereocenters. The summed E-state index contributed by atoms with van der Waals surface area (Å²) in [6.07, 6.45) is 0.998. The third kappa shape index (κ3) is 4.14. The molecule has 2 aromatic heterocycles. The average Bonchev–Trinajstić information content (AvgIpc) is 3.50. The van der Waals surface area contributed by atoms with Gasteiger partial charge in [0.1, 0.15) is 12.1 Å². The number of carbonyl (C=O) groups excluding carboxylic acids is 1. The molecule has 4 rings (SSSR count). The van der Waals surface area contributed by atoms with Crippen LogP contribution in [0.1, 0.15) is 36.3 Å². The van der Waals surface area contributed by atoms with E-state index in [2.05, 4.69) is 39.9 Å². The molecule has 1 aromatic carbocycles. The van der Waals surface area contributed by atoms with Crippen LogP contribution in [-0.4, -0.2) is 39.6 Å². The minimum Gasteiger partial charge on any atom is -0.463 e. The Labute approximate surface area is 178 Å². The first-order chi connectivity index (χ1) is 14.5. The van der Waals surface area contributed by atoms with Crippen LogP contribution in [0.4, 0.5) is 0 Å². The Morgan fingerprint density at radius 2 is 2.07 bits per heavy atom. The quantitative estimate of drug-likeness (QED) is 0.546. The Bertz CT molecular complexity index is 1050. The molecule has 0 radical (unpaired) electrons. The van der Waals surface area contributed by atoms with Crippen LogP contribution in [0.25, 0.3) is 5.69 Å². The normalized spacial score (nSPS) is 14.5. The molecule has 158 valence electrons. The monoisotopic (exact) mass is 429 g/mol. The lowest BCUT2D eigenvalue weighted by Gasteiger charge is -2.29. The van der Waals surface area contributed by atoms with Crippen LogP contribution in [0.15, 0.2) is 30.3 Å². The van der Waals surface area contributed by atoms with Crippen molar-refractivity contribution in [1.29, 1.82) is 0 Å². The molecule has 1 unspecified atom stereocenters. The van der Waals surface area contributed by atoms with E-state index in [1.165, 1.54) is 16.7 Å². The summed E-state index contributed by atoms with van der Waals surface area (Å²) in [7, 11) is 0. The van der Waals surface area contributed by atoms with Crippen LogP contribution in [0.5, 0.6) is 11.5 Å². The lowest BCUT2D eigenvalue weighted by Crippen LogP contribution is -2.45. The van der Waals surface area contributed by atoms with E-state index in [9.17, 15) is 4.79 Å². The first kappa shape index (κ1) is 20.3. The van der Waals surface area contributed by atoms with E-state index >= 15 is 0 Å². The molecule has 9 nitrogen and oxygen atoms in total. The number of aryl methyl sites for hydroxylation is 1.